The van der Waals surface area contributed by atoms with Gasteiger partial charge in [0, 0.05) is 25.6 Å². The Kier molecular flexibility index (Phi) is 7.69. The van der Waals surface area contributed by atoms with Gasteiger partial charge in [-0.25, -0.2) is 4.98 Å². The highest BCUT2D eigenvalue weighted by Gasteiger charge is 2.05. The number of rotatable bonds is 8. The number of hydrogen-bond acceptors (Lipinski definition) is 5. The van der Waals surface area contributed by atoms with Crippen LogP contribution in [0.3, 0.4) is 0 Å². The van der Waals surface area contributed by atoms with Crippen LogP contribution in [0.2, 0.25) is 0 Å². The lowest BCUT2D eigenvalue weighted by atomic mass is 10.2. The molecule has 0 bridgehead atoms. The molecule has 136 valence electrons. The molecule has 0 aliphatic carbocycles. The Labute approximate surface area is 153 Å². The molecule has 0 saturated carbocycles. The molecule has 1 aromatic carbocycles. The Hall–Kier alpha value is -2.12. The van der Waals surface area contributed by atoms with E-state index in [9.17, 15) is 0 Å². The van der Waals surface area contributed by atoms with Gasteiger partial charge < -0.3 is 20.1 Å². The van der Waals surface area contributed by atoms with Crippen molar-refractivity contribution in [3.63, 3.8) is 0 Å². The minimum absolute atomic E-state index is 0.556. The number of ether oxygens (including phenoxy) is 2. The number of nitrogens with one attached hydrogen (secondary N) is 2. The molecule has 0 fully saturated rings. The number of aryl methyl sites for hydroxylation is 2. The van der Waals surface area contributed by atoms with Crippen LogP contribution in [0.4, 0.5) is 0 Å². The molecule has 0 aliphatic heterocycles. The number of benzene rings is 1. The van der Waals surface area contributed by atoms with Crippen molar-refractivity contribution in [2.45, 2.75) is 26.9 Å². The molecule has 0 spiro atoms. The van der Waals surface area contributed by atoms with Crippen LogP contribution in [0.25, 0.3) is 0 Å². The van der Waals surface area contributed by atoms with Crippen LogP contribution in [0, 0.1) is 13.8 Å². The summed E-state index contributed by atoms with van der Waals surface area (Å²) in [5.74, 6) is 1.60. The average molecular weight is 362 g/mol. The van der Waals surface area contributed by atoms with E-state index in [1.165, 1.54) is 4.88 Å². The minimum Gasteiger partial charge on any atom is -0.491 e. The highest BCUT2D eigenvalue weighted by Crippen LogP contribution is 2.16. The zero-order chi connectivity index (χ0) is 18.1. The molecular formula is C18H26N4O2S. The van der Waals surface area contributed by atoms with Crippen molar-refractivity contribution in [2.75, 3.05) is 27.4 Å². The summed E-state index contributed by atoms with van der Waals surface area (Å²) in [5, 5.41) is 7.66. The predicted molar refractivity (Wildman–Crippen MR) is 102 cm³/mol. The number of methoxy groups -OCH3 is 1. The maximum absolute atomic E-state index is 5.56. The van der Waals surface area contributed by atoms with E-state index in [2.05, 4.69) is 27.5 Å². The van der Waals surface area contributed by atoms with Gasteiger partial charge in [0.1, 0.15) is 17.4 Å². The number of aliphatic imine (C=N–C) groups is 1. The van der Waals surface area contributed by atoms with Crippen molar-refractivity contribution in [2.24, 2.45) is 4.99 Å². The maximum atomic E-state index is 5.56. The molecule has 1 heterocycles. The number of thiazole rings is 1. The van der Waals surface area contributed by atoms with Crippen LogP contribution < -0.4 is 15.4 Å². The lowest BCUT2D eigenvalue weighted by Crippen LogP contribution is -2.36. The number of hydrogen-bond donors (Lipinski definition) is 2. The maximum Gasteiger partial charge on any atom is 0.191 e. The zero-order valence-electron chi connectivity index (χ0n) is 15.3. The van der Waals surface area contributed by atoms with E-state index in [0.29, 0.717) is 26.3 Å². The third-order valence-electron chi connectivity index (χ3n) is 3.64. The molecule has 0 atom stereocenters. The fourth-order valence-electron chi connectivity index (χ4n) is 2.13. The Balaban J connectivity index is 1.78. The summed E-state index contributed by atoms with van der Waals surface area (Å²) in [6.45, 7) is 6.63. The van der Waals surface area contributed by atoms with Gasteiger partial charge in [0.2, 0.25) is 0 Å². The molecule has 7 heteroatoms. The van der Waals surface area contributed by atoms with Crippen molar-refractivity contribution in [1.29, 1.82) is 0 Å². The quantitative estimate of drug-likeness (QED) is 0.429. The minimum atomic E-state index is 0.556. The smallest absolute Gasteiger partial charge is 0.191 e. The van der Waals surface area contributed by atoms with Crippen LogP contribution in [-0.2, 0) is 17.8 Å². The molecule has 2 N–H and O–H groups in total. The van der Waals surface area contributed by atoms with Crippen molar-refractivity contribution in [1.82, 2.24) is 15.6 Å². The Bertz CT molecular complexity index is 663. The molecule has 2 rings (SSSR count). The zero-order valence-corrected chi connectivity index (χ0v) is 16.1. The fourth-order valence-corrected chi connectivity index (χ4v) is 3.00. The van der Waals surface area contributed by atoms with Crippen LogP contribution in [0.15, 0.2) is 29.3 Å². The second kappa shape index (κ2) is 10.0. The number of aromatic nitrogens is 1. The van der Waals surface area contributed by atoms with E-state index in [1.807, 2.05) is 31.2 Å². The van der Waals surface area contributed by atoms with Crippen molar-refractivity contribution < 1.29 is 9.47 Å². The summed E-state index contributed by atoms with van der Waals surface area (Å²) in [5.41, 5.74) is 2.25. The second-order valence-corrected chi connectivity index (χ2v) is 6.80. The Morgan fingerprint density at radius 3 is 2.44 bits per heavy atom. The summed E-state index contributed by atoms with van der Waals surface area (Å²) >= 11 is 1.71. The lowest BCUT2D eigenvalue weighted by Gasteiger charge is -2.11. The van der Waals surface area contributed by atoms with E-state index >= 15 is 0 Å². The topological polar surface area (TPSA) is 67.8 Å². The molecule has 25 heavy (non-hydrogen) atoms. The Morgan fingerprint density at radius 1 is 1.12 bits per heavy atom. The Morgan fingerprint density at radius 2 is 1.84 bits per heavy atom. The largest absolute Gasteiger partial charge is 0.491 e. The van der Waals surface area contributed by atoms with Crippen LogP contribution in [0.5, 0.6) is 5.75 Å². The summed E-state index contributed by atoms with van der Waals surface area (Å²) in [7, 11) is 3.43. The molecule has 0 aliphatic rings. The van der Waals surface area contributed by atoms with E-state index in [1.54, 1.807) is 25.5 Å². The third-order valence-corrected chi connectivity index (χ3v) is 4.72. The molecular weight excluding hydrogens is 336 g/mol. The third kappa shape index (κ3) is 6.36. The standard InChI is InChI=1S/C18H26N4O2S/c1-13-14(2)25-17(22-13)12-21-18(19-3)20-11-15-5-7-16(8-6-15)24-10-9-23-4/h5-8H,9-12H2,1-4H3,(H2,19,20,21). The van der Waals surface area contributed by atoms with E-state index < -0.39 is 0 Å². The molecule has 0 amide bonds. The van der Waals surface area contributed by atoms with Gasteiger partial charge in [0.05, 0.1) is 18.8 Å². The first-order valence-electron chi connectivity index (χ1n) is 8.20. The van der Waals surface area contributed by atoms with Gasteiger partial charge in [-0.15, -0.1) is 11.3 Å². The first-order chi connectivity index (χ1) is 12.1. The summed E-state index contributed by atoms with van der Waals surface area (Å²) in [6.07, 6.45) is 0. The highest BCUT2D eigenvalue weighted by atomic mass is 32.1. The predicted octanol–water partition coefficient (Wildman–Crippen LogP) is 2.65. The van der Waals surface area contributed by atoms with E-state index in [-0.39, 0.29) is 0 Å². The van der Waals surface area contributed by atoms with Gasteiger partial charge in [-0.3, -0.25) is 4.99 Å². The van der Waals surface area contributed by atoms with Crippen molar-refractivity contribution in [3.05, 3.63) is 45.4 Å². The van der Waals surface area contributed by atoms with Gasteiger partial charge in [-0.05, 0) is 31.5 Å². The van der Waals surface area contributed by atoms with Gasteiger partial charge in [0.25, 0.3) is 0 Å². The summed E-state index contributed by atoms with van der Waals surface area (Å²) in [4.78, 5) is 10.0. The van der Waals surface area contributed by atoms with Crippen molar-refractivity contribution in [3.8, 4) is 5.75 Å². The van der Waals surface area contributed by atoms with Gasteiger partial charge in [-0.2, -0.15) is 0 Å². The fraction of sp³-hybridized carbons (Fsp3) is 0.444. The van der Waals surface area contributed by atoms with Gasteiger partial charge >= 0.3 is 0 Å². The van der Waals surface area contributed by atoms with E-state index in [4.69, 9.17) is 9.47 Å². The average Bonchev–Trinajstić information content (AvgIpc) is 2.94. The first-order valence-corrected chi connectivity index (χ1v) is 9.02. The monoisotopic (exact) mass is 362 g/mol. The molecule has 0 radical (unpaired) electrons. The van der Waals surface area contributed by atoms with Crippen molar-refractivity contribution >= 4 is 17.3 Å². The lowest BCUT2D eigenvalue weighted by molar-refractivity contribution is 0.146. The molecule has 0 saturated heterocycles. The SMILES string of the molecule is CN=C(NCc1ccc(OCCOC)cc1)NCc1nc(C)c(C)s1. The normalized spacial score (nSPS) is 11.4. The molecule has 1 aromatic heterocycles. The van der Waals surface area contributed by atoms with Crippen LogP contribution >= 0.6 is 11.3 Å². The molecule has 6 nitrogen and oxygen atoms in total. The number of nitrogens with zero attached hydrogens (tertiary/aromatic N) is 2. The first kappa shape index (κ1) is 19.2. The van der Waals surface area contributed by atoms with E-state index in [0.717, 1.165) is 28.0 Å². The summed E-state index contributed by atoms with van der Waals surface area (Å²) < 4.78 is 10.5. The molecule has 0 unspecified atom stereocenters. The number of guanidine groups is 1. The van der Waals surface area contributed by atoms with Gasteiger partial charge in [0.15, 0.2) is 5.96 Å². The highest BCUT2D eigenvalue weighted by molar-refractivity contribution is 7.11. The van der Waals surface area contributed by atoms with Gasteiger partial charge in [-0.1, -0.05) is 12.1 Å². The van der Waals surface area contributed by atoms with Crippen LogP contribution in [-0.4, -0.2) is 38.3 Å². The van der Waals surface area contributed by atoms with Crippen LogP contribution in [0.1, 0.15) is 21.1 Å². The second-order valence-electron chi connectivity index (χ2n) is 5.51. The molecule has 2 aromatic rings. The summed E-state index contributed by atoms with van der Waals surface area (Å²) in [6, 6.07) is 8.00.